The highest BCUT2D eigenvalue weighted by molar-refractivity contribution is 6.30. The van der Waals surface area contributed by atoms with Crippen molar-refractivity contribution in [3.8, 4) is 0 Å². The molecule has 0 aliphatic heterocycles. The quantitative estimate of drug-likeness (QED) is 0.582. The smallest absolute Gasteiger partial charge is 0.250 e. The van der Waals surface area contributed by atoms with Crippen molar-refractivity contribution in [2.75, 3.05) is 18.9 Å². The summed E-state index contributed by atoms with van der Waals surface area (Å²) in [5.74, 6) is 0.807. The lowest BCUT2D eigenvalue weighted by molar-refractivity contribution is 0.100. The molecule has 27 heavy (non-hydrogen) atoms. The van der Waals surface area contributed by atoms with Crippen molar-refractivity contribution in [1.82, 2.24) is 15.3 Å². The van der Waals surface area contributed by atoms with Crippen LogP contribution in [0.4, 0.5) is 5.82 Å². The third-order valence-electron chi connectivity index (χ3n) is 4.32. The van der Waals surface area contributed by atoms with Crippen molar-refractivity contribution in [2.45, 2.75) is 19.4 Å². The molecule has 1 aromatic heterocycles. The van der Waals surface area contributed by atoms with Gasteiger partial charge in [0.15, 0.2) is 0 Å². The number of carbonyl (C=O) groups is 1. The lowest BCUT2D eigenvalue weighted by Crippen LogP contribution is -2.24. The highest BCUT2D eigenvalue weighted by atomic mass is 35.5. The van der Waals surface area contributed by atoms with E-state index in [4.69, 9.17) is 17.3 Å². The van der Waals surface area contributed by atoms with Gasteiger partial charge in [0.05, 0.1) is 17.1 Å². The van der Waals surface area contributed by atoms with Crippen LogP contribution < -0.4 is 16.4 Å². The average Bonchev–Trinajstić information content (AvgIpc) is 2.66. The molecule has 0 bridgehead atoms. The number of halogens is 1. The number of nitrogens with two attached hydrogens (primary N) is 1. The van der Waals surface area contributed by atoms with Crippen LogP contribution in [-0.2, 0) is 6.42 Å². The van der Waals surface area contributed by atoms with Gasteiger partial charge in [-0.1, -0.05) is 36.7 Å². The number of aromatic nitrogens is 2. The fourth-order valence-electron chi connectivity index (χ4n) is 3.01. The molecule has 4 N–H and O–H groups in total. The summed E-state index contributed by atoms with van der Waals surface area (Å²) in [6.07, 6.45) is 0.644. The Morgan fingerprint density at radius 3 is 2.67 bits per heavy atom. The van der Waals surface area contributed by atoms with E-state index < -0.39 is 5.91 Å². The molecule has 1 unspecified atom stereocenters. The molecule has 1 heterocycles. The van der Waals surface area contributed by atoms with Crippen LogP contribution in [0.5, 0.6) is 0 Å². The molecule has 6 nitrogen and oxygen atoms in total. The molecule has 0 saturated heterocycles. The Labute approximate surface area is 163 Å². The molecule has 2 aromatic carbocycles. The first-order valence-corrected chi connectivity index (χ1v) is 9.17. The number of rotatable bonds is 7. The Hall–Kier alpha value is -2.70. The van der Waals surface area contributed by atoms with Gasteiger partial charge in [-0.2, -0.15) is 0 Å². The second-order valence-corrected chi connectivity index (χ2v) is 6.65. The molecule has 1 amide bonds. The van der Waals surface area contributed by atoms with Crippen LogP contribution in [0.15, 0.2) is 42.5 Å². The van der Waals surface area contributed by atoms with Gasteiger partial charge >= 0.3 is 0 Å². The standard InChI is InChI=1S/C20H22ClN5O/c1-3-17-25-18-14(19(22)27)8-5-9-15(18)20(26-17)24-16(11-23-2)12-6-4-7-13(21)10-12/h4-10,16,23H,3,11H2,1-2H3,(H2,22,27)(H,24,25,26). The number of carbonyl (C=O) groups excluding carboxylic acids is 1. The second-order valence-electron chi connectivity index (χ2n) is 6.22. The van der Waals surface area contributed by atoms with E-state index in [1.54, 1.807) is 12.1 Å². The Balaban J connectivity index is 2.11. The summed E-state index contributed by atoms with van der Waals surface area (Å²) in [6.45, 7) is 2.64. The molecule has 7 heteroatoms. The van der Waals surface area contributed by atoms with Crippen LogP contribution >= 0.6 is 11.6 Å². The van der Waals surface area contributed by atoms with E-state index in [2.05, 4.69) is 20.6 Å². The number of hydrogen-bond acceptors (Lipinski definition) is 5. The van der Waals surface area contributed by atoms with Crippen molar-refractivity contribution in [1.29, 1.82) is 0 Å². The average molecular weight is 384 g/mol. The van der Waals surface area contributed by atoms with Crippen LogP contribution in [0.1, 0.15) is 34.7 Å². The molecular formula is C20H22ClN5O. The van der Waals surface area contributed by atoms with Crippen molar-refractivity contribution in [3.63, 3.8) is 0 Å². The Morgan fingerprint density at radius 2 is 2.00 bits per heavy atom. The SMILES string of the molecule is CCc1nc(NC(CNC)c2cccc(Cl)c2)c2cccc(C(N)=O)c2n1. The second kappa shape index (κ2) is 8.33. The third-order valence-corrected chi connectivity index (χ3v) is 4.56. The monoisotopic (exact) mass is 383 g/mol. The topological polar surface area (TPSA) is 92.9 Å². The first-order valence-electron chi connectivity index (χ1n) is 8.79. The predicted octanol–water partition coefficient (Wildman–Crippen LogP) is 3.32. The van der Waals surface area contributed by atoms with Crippen LogP contribution in [0, 0.1) is 0 Å². The summed E-state index contributed by atoms with van der Waals surface area (Å²) in [5.41, 5.74) is 7.52. The van der Waals surface area contributed by atoms with E-state index in [1.807, 2.05) is 44.3 Å². The number of nitrogens with one attached hydrogen (secondary N) is 2. The van der Waals surface area contributed by atoms with Crippen LogP contribution in [-0.4, -0.2) is 29.5 Å². The van der Waals surface area contributed by atoms with Crippen LogP contribution in [0.2, 0.25) is 5.02 Å². The molecule has 0 aliphatic carbocycles. The number of hydrogen-bond donors (Lipinski definition) is 3. The van der Waals surface area contributed by atoms with E-state index in [-0.39, 0.29) is 6.04 Å². The van der Waals surface area contributed by atoms with Crippen molar-refractivity contribution in [2.24, 2.45) is 5.73 Å². The minimum Gasteiger partial charge on any atom is -0.366 e. The molecule has 1 atom stereocenters. The first kappa shape index (κ1) is 19.1. The van der Waals surface area contributed by atoms with Gasteiger partial charge in [-0.05, 0) is 36.9 Å². The number of benzene rings is 2. The largest absolute Gasteiger partial charge is 0.366 e. The van der Waals surface area contributed by atoms with Gasteiger partial charge in [-0.25, -0.2) is 9.97 Å². The number of likely N-dealkylation sites (N-methyl/N-ethyl adjacent to an activating group) is 1. The Kier molecular flexibility index (Phi) is 5.88. The Morgan fingerprint density at radius 1 is 1.22 bits per heavy atom. The normalized spacial score (nSPS) is 12.1. The number of fused-ring (bicyclic) bond motifs is 1. The maximum atomic E-state index is 11.8. The van der Waals surface area contributed by atoms with E-state index in [9.17, 15) is 4.79 Å². The zero-order valence-corrected chi connectivity index (χ0v) is 16.0. The van der Waals surface area contributed by atoms with E-state index in [0.717, 1.165) is 10.9 Å². The van der Waals surface area contributed by atoms with Crippen LogP contribution in [0.25, 0.3) is 10.9 Å². The van der Waals surface area contributed by atoms with Gasteiger partial charge in [0, 0.05) is 23.4 Å². The maximum absolute atomic E-state index is 11.8. The molecule has 0 fully saturated rings. The highest BCUT2D eigenvalue weighted by Crippen LogP contribution is 2.28. The van der Waals surface area contributed by atoms with Gasteiger partial charge in [0.25, 0.3) is 5.91 Å². The van der Waals surface area contributed by atoms with E-state index in [0.29, 0.717) is 40.7 Å². The number of amides is 1. The van der Waals surface area contributed by atoms with Gasteiger partial charge < -0.3 is 16.4 Å². The van der Waals surface area contributed by atoms with Gasteiger partial charge in [0.2, 0.25) is 0 Å². The summed E-state index contributed by atoms with van der Waals surface area (Å²) in [5, 5.41) is 8.10. The summed E-state index contributed by atoms with van der Waals surface area (Å²) in [6, 6.07) is 13.0. The molecule has 0 aliphatic rings. The molecule has 0 spiro atoms. The zero-order valence-electron chi connectivity index (χ0n) is 15.3. The maximum Gasteiger partial charge on any atom is 0.250 e. The predicted molar refractivity (Wildman–Crippen MR) is 109 cm³/mol. The zero-order chi connectivity index (χ0) is 19.4. The summed E-state index contributed by atoms with van der Waals surface area (Å²) < 4.78 is 0. The number of aryl methyl sites for hydroxylation is 1. The number of para-hydroxylation sites is 1. The fourth-order valence-corrected chi connectivity index (χ4v) is 3.21. The summed E-state index contributed by atoms with van der Waals surface area (Å²) in [7, 11) is 1.89. The fraction of sp³-hybridized carbons (Fsp3) is 0.250. The molecule has 3 rings (SSSR count). The first-order chi connectivity index (χ1) is 13.0. The van der Waals surface area contributed by atoms with E-state index >= 15 is 0 Å². The Bertz CT molecular complexity index is 976. The van der Waals surface area contributed by atoms with Crippen molar-refractivity contribution >= 4 is 34.2 Å². The number of anilines is 1. The van der Waals surface area contributed by atoms with Gasteiger partial charge in [0.1, 0.15) is 11.6 Å². The van der Waals surface area contributed by atoms with Gasteiger partial charge in [-0.15, -0.1) is 0 Å². The van der Waals surface area contributed by atoms with Crippen molar-refractivity contribution < 1.29 is 4.79 Å². The number of primary amides is 1. The van der Waals surface area contributed by atoms with Gasteiger partial charge in [-0.3, -0.25) is 4.79 Å². The van der Waals surface area contributed by atoms with Crippen molar-refractivity contribution in [3.05, 3.63) is 64.4 Å². The lowest BCUT2D eigenvalue weighted by Gasteiger charge is -2.21. The minimum absolute atomic E-state index is 0.0614. The molecular weight excluding hydrogens is 362 g/mol. The molecule has 0 radical (unpaired) electrons. The summed E-state index contributed by atoms with van der Waals surface area (Å²) >= 11 is 6.17. The third kappa shape index (κ3) is 4.18. The molecule has 140 valence electrons. The molecule has 0 saturated carbocycles. The minimum atomic E-state index is -0.506. The van der Waals surface area contributed by atoms with E-state index in [1.165, 1.54) is 0 Å². The molecule has 3 aromatic rings. The summed E-state index contributed by atoms with van der Waals surface area (Å²) in [4.78, 5) is 21.0. The number of nitrogens with zero attached hydrogens (tertiary/aromatic N) is 2. The lowest BCUT2D eigenvalue weighted by atomic mass is 10.1. The van der Waals surface area contributed by atoms with Crippen LogP contribution in [0.3, 0.4) is 0 Å². The highest BCUT2D eigenvalue weighted by Gasteiger charge is 2.17.